The zero-order valence-corrected chi connectivity index (χ0v) is 17.0. The van der Waals surface area contributed by atoms with Gasteiger partial charge in [-0.05, 0) is 47.3 Å². The summed E-state index contributed by atoms with van der Waals surface area (Å²) in [5.41, 5.74) is 6.64. The third-order valence-corrected chi connectivity index (χ3v) is 5.97. The molecule has 2 heterocycles. The summed E-state index contributed by atoms with van der Waals surface area (Å²) in [7, 11) is 0. The van der Waals surface area contributed by atoms with Crippen molar-refractivity contribution in [2.24, 2.45) is 5.73 Å². The summed E-state index contributed by atoms with van der Waals surface area (Å²) in [6, 6.07) is 15.9. The van der Waals surface area contributed by atoms with Gasteiger partial charge in [-0.25, -0.2) is 0 Å². The summed E-state index contributed by atoms with van der Waals surface area (Å²) in [6.07, 6.45) is 0. The van der Waals surface area contributed by atoms with Gasteiger partial charge in [0, 0.05) is 24.3 Å². The van der Waals surface area contributed by atoms with Gasteiger partial charge in [-0.1, -0.05) is 12.1 Å². The normalized spacial score (nSPS) is 14.8. The molecular weight excluding hydrogens is 386 g/mol. The highest BCUT2D eigenvalue weighted by Crippen LogP contribution is 2.29. The van der Waals surface area contributed by atoms with E-state index in [-0.39, 0.29) is 5.84 Å². The number of nitrogen functional groups attached to an aromatic ring is 1. The average molecular weight is 412 g/mol. The molecule has 0 bridgehead atoms. The lowest BCUT2D eigenvalue weighted by Crippen LogP contribution is -2.38. The molecular formula is C22H25N3O3S. The molecule has 152 valence electrons. The van der Waals surface area contributed by atoms with Gasteiger partial charge >= 0.3 is 0 Å². The number of ether oxygens (including phenoxy) is 3. The number of thiophene rings is 1. The highest BCUT2D eigenvalue weighted by Gasteiger charge is 2.10. The minimum Gasteiger partial charge on any atom is -0.492 e. The molecule has 0 spiro atoms. The monoisotopic (exact) mass is 411 g/mol. The number of nitrogens with two attached hydrogens (primary N) is 1. The molecule has 2 aromatic carbocycles. The lowest BCUT2D eigenvalue weighted by molar-refractivity contribution is 0.0322. The number of rotatable bonds is 8. The lowest BCUT2D eigenvalue weighted by atomic mass is 10.2. The van der Waals surface area contributed by atoms with Crippen LogP contribution in [0.1, 0.15) is 10.4 Å². The first-order valence-corrected chi connectivity index (χ1v) is 10.5. The van der Waals surface area contributed by atoms with Crippen LogP contribution in [0.3, 0.4) is 0 Å². The summed E-state index contributed by atoms with van der Waals surface area (Å²) >= 11 is 1.50. The minimum atomic E-state index is 0.0964. The van der Waals surface area contributed by atoms with E-state index in [2.05, 4.69) is 4.90 Å². The Morgan fingerprint density at radius 3 is 2.72 bits per heavy atom. The van der Waals surface area contributed by atoms with Crippen molar-refractivity contribution in [3.8, 4) is 11.5 Å². The summed E-state index contributed by atoms with van der Waals surface area (Å²) in [4.78, 5) is 3.13. The van der Waals surface area contributed by atoms with E-state index in [1.54, 1.807) is 0 Å². The maximum atomic E-state index is 7.58. The van der Waals surface area contributed by atoms with E-state index in [4.69, 9.17) is 25.4 Å². The van der Waals surface area contributed by atoms with Crippen LogP contribution >= 0.6 is 11.3 Å². The largest absolute Gasteiger partial charge is 0.492 e. The average Bonchev–Trinajstić information content (AvgIpc) is 3.17. The Morgan fingerprint density at radius 1 is 1.07 bits per heavy atom. The molecule has 6 nitrogen and oxygen atoms in total. The Morgan fingerprint density at radius 2 is 1.90 bits per heavy atom. The van der Waals surface area contributed by atoms with Crippen molar-refractivity contribution in [3.05, 3.63) is 59.0 Å². The second kappa shape index (κ2) is 9.26. The van der Waals surface area contributed by atoms with E-state index in [1.807, 2.05) is 48.5 Å². The van der Waals surface area contributed by atoms with E-state index >= 15 is 0 Å². The van der Waals surface area contributed by atoms with Crippen molar-refractivity contribution >= 4 is 27.3 Å². The van der Waals surface area contributed by atoms with Gasteiger partial charge in [0.15, 0.2) is 0 Å². The Bertz CT molecular complexity index is 982. The first-order valence-electron chi connectivity index (χ1n) is 9.70. The predicted octanol–water partition coefficient (Wildman–Crippen LogP) is 3.48. The number of fused-ring (bicyclic) bond motifs is 1. The van der Waals surface area contributed by atoms with Crippen LogP contribution in [-0.4, -0.2) is 50.2 Å². The second-order valence-electron chi connectivity index (χ2n) is 6.96. The number of hydrogen-bond acceptors (Lipinski definition) is 6. The molecule has 1 fully saturated rings. The summed E-state index contributed by atoms with van der Waals surface area (Å²) in [6.45, 7) is 5.60. The van der Waals surface area contributed by atoms with Gasteiger partial charge in [0.1, 0.15) is 30.5 Å². The first kappa shape index (κ1) is 19.7. The molecule has 1 aliphatic heterocycles. The van der Waals surface area contributed by atoms with Gasteiger partial charge in [-0.3, -0.25) is 10.3 Å². The molecule has 1 saturated heterocycles. The Labute approximate surface area is 174 Å². The first-order chi connectivity index (χ1) is 14.2. The SMILES string of the molecule is N=C(N)c1cc2ccc(OCc3cccc(OCCN4CCOCC4)c3)cc2s1. The van der Waals surface area contributed by atoms with Gasteiger partial charge in [-0.15, -0.1) is 11.3 Å². The van der Waals surface area contributed by atoms with E-state index in [9.17, 15) is 0 Å². The topological polar surface area (TPSA) is 80.8 Å². The zero-order chi connectivity index (χ0) is 20.1. The van der Waals surface area contributed by atoms with Crippen molar-refractivity contribution in [2.45, 2.75) is 6.61 Å². The third kappa shape index (κ3) is 5.26. The molecule has 0 atom stereocenters. The van der Waals surface area contributed by atoms with E-state index in [0.29, 0.717) is 13.2 Å². The smallest absolute Gasteiger partial charge is 0.133 e. The van der Waals surface area contributed by atoms with E-state index in [1.165, 1.54) is 11.3 Å². The standard InChI is InChI=1S/C22H25N3O3S/c23-22(24)21-13-17-4-5-19(14-20(17)29-21)28-15-16-2-1-3-18(12-16)27-11-8-25-6-9-26-10-7-25/h1-5,12-14H,6-11,15H2,(H3,23,24). The number of nitrogens with zero attached hydrogens (tertiary/aromatic N) is 1. The van der Waals surface area contributed by atoms with Crippen LogP contribution in [0.4, 0.5) is 0 Å². The Kier molecular flexibility index (Phi) is 6.29. The minimum absolute atomic E-state index is 0.0964. The maximum absolute atomic E-state index is 7.58. The Hall–Kier alpha value is -2.61. The molecule has 0 unspecified atom stereocenters. The number of benzene rings is 2. The molecule has 0 aliphatic carbocycles. The van der Waals surface area contributed by atoms with Crippen LogP contribution in [0.25, 0.3) is 10.1 Å². The molecule has 1 aliphatic rings. The molecule has 0 radical (unpaired) electrons. The third-order valence-electron chi connectivity index (χ3n) is 4.84. The van der Waals surface area contributed by atoms with Crippen molar-refractivity contribution in [1.29, 1.82) is 5.41 Å². The number of morpholine rings is 1. The van der Waals surface area contributed by atoms with Crippen molar-refractivity contribution in [1.82, 2.24) is 4.90 Å². The van der Waals surface area contributed by atoms with Crippen molar-refractivity contribution in [2.75, 3.05) is 39.5 Å². The fraction of sp³-hybridized carbons (Fsp3) is 0.318. The van der Waals surface area contributed by atoms with Crippen molar-refractivity contribution < 1.29 is 14.2 Å². The van der Waals surface area contributed by atoms with Crippen LogP contribution < -0.4 is 15.2 Å². The van der Waals surface area contributed by atoms with Crippen LogP contribution in [0.2, 0.25) is 0 Å². The molecule has 3 aromatic rings. The number of hydrogen-bond donors (Lipinski definition) is 2. The Balaban J connectivity index is 1.31. The summed E-state index contributed by atoms with van der Waals surface area (Å²) in [5, 5.41) is 8.65. The van der Waals surface area contributed by atoms with Gasteiger partial charge in [-0.2, -0.15) is 0 Å². The molecule has 0 saturated carbocycles. The second-order valence-corrected chi connectivity index (χ2v) is 8.05. The molecule has 4 rings (SSSR count). The molecule has 7 heteroatoms. The van der Waals surface area contributed by atoms with Crippen LogP contribution in [0, 0.1) is 5.41 Å². The fourth-order valence-electron chi connectivity index (χ4n) is 3.24. The summed E-state index contributed by atoms with van der Waals surface area (Å²) in [5.74, 6) is 1.76. The number of amidine groups is 1. The van der Waals surface area contributed by atoms with E-state index in [0.717, 1.165) is 64.9 Å². The zero-order valence-electron chi connectivity index (χ0n) is 16.2. The summed E-state index contributed by atoms with van der Waals surface area (Å²) < 4.78 is 18.3. The van der Waals surface area contributed by atoms with Crippen LogP contribution in [0.15, 0.2) is 48.5 Å². The maximum Gasteiger partial charge on any atom is 0.133 e. The highest BCUT2D eigenvalue weighted by atomic mass is 32.1. The van der Waals surface area contributed by atoms with Gasteiger partial charge in [0.25, 0.3) is 0 Å². The van der Waals surface area contributed by atoms with Crippen molar-refractivity contribution in [3.63, 3.8) is 0 Å². The van der Waals surface area contributed by atoms with Crippen LogP contribution in [-0.2, 0) is 11.3 Å². The quantitative estimate of drug-likeness (QED) is 0.438. The van der Waals surface area contributed by atoms with Gasteiger partial charge < -0.3 is 19.9 Å². The lowest BCUT2D eigenvalue weighted by Gasteiger charge is -2.26. The van der Waals surface area contributed by atoms with Gasteiger partial charge in [0.05, 0.1) is 18.1 Å². The molecule has 3 N–H and O–H groups in total. The molecule has 0 amide bonds. The number of nitrogens with one attached hydrogen (secondary N) is 1. The predicted molar refractivity (Wildman–Crippen MR) is 116 cm³/mol. The highest BCUT2D eigenvalue weighted by molar-refractivity contribution is 7.20. The fourth-order valence-corrected chi connectivity index (χ4v) is 4.20. The van der Waals surface area contributed by atoms with Gasteiger partial charge in [0.2, 0.25) is 0 Å². The molecule has 1 aromatic heterocycles. The van der Waals surface area contributed by atoms with Crippen LogP contribution in [0.5, 0.6) is 11.5 Å². The van der Waals surface area contributed by atoms with E-state index < -0.39 is 0 Å². The molecule has 29 heavy (non-hydrogen) atoms.